The lowest BCUT2D eigenvalue weighted by Gasteiger charge is -2.07. The van der Waals surface area contributed by atoms with Crippen molar-refractivity contribution in [3.8, 4) is 22.4 Å². The van der Waals surface area contributed by atoms with Crippen LogP contribution in [-0.4, -0.2) is 17.4 Å². The number of para-hydroxylation sites is 1. The minimum Gasteiger partial charge on any atom is -0.354 e. The van der Waals surface area contributed by atoms with Crippen molar-refractivity contribution < 1.29 is 8.42 Å². The third-order valence-electron chi connectivity index (χ3n) is 6.26. The Kier molecular flexibility index (Phi) is 4.67. The molecular weight excluding hydrogens is 440 g/mol. The molecule has 0 aliphatic heterocycles. The Labute approximate surface area is 198 Å². The third kappa shape index (κ3) is 3.17. The normalized spacial score (nSPS) is 11.9. The molecule has 0 spiro atoms. The number of hydrogen-bond donors (Lipinski definition) is 1. The Morgan fingerprint density at radius 1 is 0.735 bits per heavy atom. The highest BCUT2D eigenvalue weighted by atomic mass is 32.2. The molecule has 4 aromatic carbocycles. The highest BCUT2D eigenvalue weighted by Crippen LogP contribution is 2.42. The molecule has 5 heteroatoms. The van der Waals surface area contributed by atoms with Crippen molar-refractivity contribution in [1.82, 2.24) is 8.96 Å². The van der Waals surface area contributed by atoms with Gasteiger partial charge in [0.2, 0.25) is 0 Å². The highest BCUT2D eigenvalue weighted by Gasteiger charge is 2.24. The van der Waals surface area contributed by atoms with E-state index >= 15 is 0 Å². The predicted molar refractivity (Wildman–Crippen MR) is 138 cm³/mol. The highest BCUT2D eigenvalue weighted by molar-refractivity contribution is 7.90. The first-order valence-electron chi connectivity index (χ1n) is 11.1. The number of aromatic amines is 1. The lowest BCUT2D eigenvalue weighted by molar-refractivity contribution is 0.589. The van der Waals surface area contributed by atoms with Gasteiger partial charge in [0.1, 0.15) is 0 Å². The van der Waals surface area contributed by atoms with Crippen LogP contribution in [0.3, 0.4) is 0 Å². The summed E-state index contributed by atoms with van der Waals surface area (Å²) in [6.07, 6.45) is 1.75. The van der Waals surface area contributed by atoms with Crippen LogP contribution in [0, 0.1) is 6.92 Å². The number of H-pyrrole nitrogens is 1. The van der Waals surface area contributed by atoms with Crippen LogP contribution in [0.2, 0.25) is 0 Å². The maximum atomic E-state index is 13.6. The number of benzene rings is 4. The summed E-state index contributed by atoms with van der Waals surface area (Å²) >= 11 is 0. The summed E-state index contributed by atoms with van der Waals surface area (Å²) in [6, 6.07) is 32.8. The Bertz CT molecular complexity index is 1760. The topological polar surface area (TPSA) is 54.9 Å². The summed E-state index contributed by atoms with van der Waals surface area (Å²) in [4.78, 5) is 3.86. The van der Waals surface area contributed by atoms with Crippen molar-refractivity contribution in [2.45, 2.75) is 11.8 Å². The zero-order valence-corrected chi connectivity index (χ0v) is 19.4. The molecule has 6 rings (SSSR count). The summed E-state index contributed by atoms with van der Waals surface area (Å²) < 4.78 is 28.6. The van der Waals surface area contributed by atoms with E-state index in [4.69, 9.17) is 0 Å². The summed E-state index contributed by atoms with van der Waals surface area (Å²) in [5.41, 5.74) is 6.74. The summed E-state index contributed by atoms with van der Waals surface area (Å²) in [7, 11) is -3.76. The lowest BCUT2D eigenvalue weighted by atomic mass is 9.97. The molecule has 1 N–H and O–H groups in total. The molecule has 0 unspecified atom stereocenters. The molecule has 0 amide bonds. The van der Waals surface area contributed by atoms with E-state index in [9.17, 15) is 8.42 Å². The van der Waals surface area contributed by atoms with E-state index < -0.39 is 10.0 Å². The van der Waals surface area contributed by atoms with Crippen LogP contribution in [0.1, 0.15) is 5.56 Å². The van der Waals surface area contributed by atoms with E-state index in [0.717, 1.165) is 38.7 Å². The Balaban J connectivity index is 1.69. The van der Waals surface area contributed by atoms with Gasteiger partial charge < -0.3 is 4.98 Å². The zero-order valence-electron chi connectivity index (χ0n) is 18.6. The van der Waals surface area contributed by atoms with Gasteiger partial charge in [-0.05, 0) is 42.8 Å². The second-order valence-electron chi connectivity index (χ2n) is 8.46. The smallest absolute Gasteiger partial charge is 0.268 e. The first-order valence-corrected chi connectivity index (χ1v) is 12.6. The molecule has 166 valence electrons. The van der Waals surface area contributed by atoms with E-state index in [1.165, 1.54) is 9.54 Å². The minimum absolute atomic E-state index is 0.262. The van der Waals surface area contributed by atoms with Gasteiger partial charge in [-0.15, -0.1) is 0 Å². The van der Waals surface area contributed by atoms with E-state index in [1.54, 1.807) is 30.5 Å². The summed E-state index contributed by atoms with van der Waals surface area (Å²) in [6.45, 7) is 2.08. The quantitative estimate of drug-likeness (QED) is 0.307. The number of nitrogens with one attached hydrogen (secondary N) is 1. The maximum Gasteiger partial charge on any atom is 0.268 e. The van der Waals surface area contributed by atoms with Gasteiger partial charge in [-0.2, -0.15) is 0 Å². The average Bonchev–Trinajstić information content (AvgIpc) is 3.44. The molecule has 0 aliphatic carbocycles. The molecule has 2 heterocycles. The number of nitrogens with zero attached hydrogens (tertiary/aromatic N) is 1. The van der Waals surface area contributed by atoms with Crippen LogP contribution < -0.4 is 0 Å². The largest absolute Gasteiger partial charge is 0.354 e. The van der Waals surface area contributed by atoms with Crippen LogP contribution in [0.5, 0.6) is 0 Å². The molecule has 0 aliphatic rings. The van der Waals surface area contributed by atoms with Crippen LogP contribution in [0.4, 0.5) is 0 Å². The van der Waals surface area contributed by atoms with Gasteiger partial charge in [-0.25, -0.2) is 12.4 Å². The molecule has 34 heavy (non-hydrogen) atoms. The molecule has 2 aromatic heterocycles. The van der Waals surface area contributed by atoms with Crippen LogP contribution in [0.25, 0.3) is 44.2 Å². The van der Waals surface area contributed by atoms with Crippen LogP contribution >= 0.6 is 0 Å². The van der Waals surface area contributed by atoms with Crippen molar-refractivity contribution in [1.29, 1.82) is 0 Å². The van der Waals surface area contributed by atoms with Crippen molar-refractivity contribution >= 4 is 31.8 Å². The number of hydrogen-bond acceptors (Lipinski definition) is 2. The first kappa shape index (κ1) is 20.5. The molecule has 0 saturated carbocycles. The Hall–Kier alpha value is -4.09. The molecule has 0 fully saturated rings. The van der Waals surface area contributed by atoms with Crippen molar-refractivity contribution in [3.05, 3.63) is 115 Å². The zero-order chi connectivity index (χ0) is 23.3. The fourth-order valence-corrected chi connectivity index (χ4v) is 6.06. The van der Waals surface area contributed by atoms with Gasteiger partial charge in [0.05, 0.1) is 16.1 Å². The molecule has 6 aromatic rings. The average molecular weight is 463 g/mol. The van der Waals surface area contributed by atoms with Gasteiger partial charge in [0.15, 0.2) is 0 Å². The Morgan fingerprint density at radius 2 is 1.41 bits per heavy atom. The van der Waals surface area contributed by atoms with Crippen molar-refractivity contribution in [3.63, 3.8) is 0 Å². The molecular formula is C29H22N2O2S. The van der Waals surface area contributed by atoms with Crippen molar-refractivity contribution in [2.75, 3.05) is 0 Å². The monoisotopic (exact) mass is 462 g/mol. The third-order valence-corrected chi connectivity index (χ3v) is 7.95. The second-order valence-corrected chi connectivity index (χ2v) is 10.3. The number of aryl methyl sites for hydroxylation is 1. The number of aromatic nitrogens is 2. The SMILES string of the molecule is Cc1ccc2[nH]c(-c3cn(S(=O)(=O)c4ccccc4)c4ccccc34)c(-c3ccccc3)c2c1. The lowest BCUT2D eigenvalue weighted by Crippen LogP contribution is -2.11. The van der Waals surface area contributed by atoms with Gasteiger partial charge >= 0.3 is 0 Å². The van der Waals surface area contributed by atoms with E-state index in [1.807, 2.05) is 48.5 Å². The fourth-order valence-electron chi connectivity index (χ4n) is 4.67. The van der Waals surface area contributed by atoms with Crippen molar-refractivity contribution in [2.24, 2.45) is 0 Å². The van der Waals surface area contributed by atoms with E-state index in [2.05, 4.69) is 42.2 Å². The first-order chi connectivity index (χ1) is 16.5. The predicted octanol–water partition coefficient (Wildman–Crippen LogP) is 7.00. The molecule has 0 saturated heterocycles. The van der Waals surface area contributed by atoms with Gasteiger partial charge in [0, 0.05) is 33.6 Å². The molecule has 0 atom stereocenters. The Morgan fingerprint density at radius 3 is 2.18 bits per heavy atom. The molecule has 0 radical (unpaired) electrons. The minimum atomic E-state index is -3.76. The van der Waals surface area contributed by atoms with Gasteiger partial charge in [0.25, 0.3) is 10.0 Å². The standard InChI is InChI=1S/C29H22N2O2S/c1-20-16-17-26-24(18-20)28(21-10-4-2-5-11-21)29(30-26)25-19-31(27-15-9-8-14-23(25)27)34(32,33)22-12-6-3-7-13-22/h2-19,30H,1H3. The van der Waals surface area contributed by atoms with E-state index in [0.29, 0.717) is 5.52 Å². The van der Waals surface area contributed by atoms with Crippen LogP contribution in [-0.2, 0) is 10.0 Å². The van der Waals surface area contributed by atoms with Crippen LogP contribution in [0.15, 0.2) is 114 Å². The van der Waals surface area contributed by atoms with E-state index in [-0.39, 0.29) is 4.90 Å². The second kappa shape index (κ2) is 7.75. The maximum absolute atomic E-state index is 13.6. The summed E-state index contributed by atoms with van der Waals surface area (Å²) in [5, 5.41) is 1.99. The van der Waals surface area contributed by atoms with Gasteiger partial charge in [-0.1, -0.05) is 78.4 Å². The van der Waals surface area contributed by atoms with Gasteiger partial charge in [-0.3, -0.25) is 0 Å². The number of fused-ring (bicyclic) bond motifs is 2. The molecule has 0 bridgehead atoms. The molecule has 4 nitrogen and oxygen atoms in total. The number of rotatable bonds is 4. The summed E-state index contributed by atoms with van der Waals surface area (Å²) in [5.74, 6) is 0. The fraction of sp³-hybridized carbons (Fsp3) is 0.0345.